The maximum absolute atomic E-state index is 11.9. The van der Waals surface area contributed by atoms with Gasteiger partial charge < -0.3 is 20.4 Å². The lowest BCUT2D eigenvalue weighted by atomic mass is 10.2. The summed E-state index contributed by atoms with van der Waals surface area (Å²) < 4.78 is 4.98. The van der Waals surface area contributed by atoms with Gasteiger partial charge in [0.05, 0.1) is 12.3 Å². The number of anilines is 2. The quantitative estimate of drug-likeness (QED) is 0.755. The summed E-state index contributed by atoms with van der Waals surface area (Å²) in [6.45, 7) is 3.75. The van der Waals surface area contributed by atoms with E-state index in [0.29, 0.717) is 22.6 Å². The molecule has 2 amide bonds. The molecule has 0 saturated heterocycles. The number of aryl methyl sites for hydroxylation is 1. The predicted octanol–water partition coefficient (Wildman–Crippen LogP) is 3.14. The average molecular weight is 287 g/mol. The van der Waals surface area contributed by atoms with Gasteiger partial charge in [0.1, 0.15) is 5.56 Å². The zero-order chi connectivity index (χ0) is 15.2. The molecule has 0 spiro atoms. The lowest BCUT2D eigenvalue weighted by Gasteiger charge is -2.08. The second-order valence-electron chi connectivity index (χ2n) is 4.37. The molecule has 6 nitrogen and oxygen atoms in total. The van der Waals surface area contributed by atoms with Crippen LogP contribution in [0.15, 0.2) is 36.5 Å². The van der Waals surface area contributed by atoms with Crippen molar-refractivity contribution in [1.82, 2.24) is 4.98 Å². The molecular formula is C15H17N3O3. The SMILES string of the molecule is CCOC(=O)c1c(NC(=O)Nc2ccccc2)c[nH]c1C. The number of hydrogen-bond acceptors (Lipinski definition) is 3. The minimum Gasteiger partial charge on any atom is -0.462 e. The van der Waals surface area contributed by atoms with Crippen molar-refractivity contribution in [1.29, 1.82) is 0 Å². The molecule has 0 atom stereocenters. The van der Waals surface area contributed by atoms with Crippen LogP contribution in [0.2, 0.25) is 0 Å². The second-order valence-corrected chi connectivity index (χ2v) is 4.37. The number of urea groups is 1. The van der Waals surface area contributed by atoms with Crippen LogP contribution in [0.1, 0.15) is 23.0 Å². The fourth-order valence-electron chi connectivity index (χ4n) is 1.90. The third-order valence-corrected chi connectivity index (χ3v) is 2.84. The number of aromatic nitrogens is 1. The highest BCUT2D eigenvalue weighted by Gasteiger charge is 2.19. The molecule has 0 unspecified atom stereocenters. The zero-order valence-electron chi connectivity index (χ0n) is 11.9. The van der Waals surface area contributed by atoms with E-state index < -0.39 is 12.0 Å². The van der Waals surface area contributed by atoms with Gasteiger partial charge in [-0.3, -0.25) is 0 Å². The lowest BCUT2D eigenvalue weighted by Crippen LogP contribution is -2.20. The summed E-state index contributed by atoms with van der Waals surface area (Å²) in [4.78, 5) is 26.7. The number of carbonyl (C=O) groups excluding carboxylic acids is 2. The van der Waals surface area contributed by atoms with Gasteiger partial charge in [0.15, 0.2) is 0 Å². The van der Waals surface area contributed by atoms with Crippen molar-refractivity contribution in [2.75, 3.05) is 17.2 Å². The fourth-order valence-corrected chi connectivity index (χ4v) is 1.90. The smallest absolute Gasteiger partial charge is 0.342 e. The van der Waals surface area contributed by atoms with Crippen molar-refractivity contribution >= 4 is 23.4 Å². The van der Waals surface area contributed by atoms with E-state index in [1.807, 2.05) is 18.2 Å². The molecule has 0 fully saturated rings. The van der Waals surface area contributed by atoms with Crippen LogP contribution in [0.5, 0.6) is 0 Å². The maximum Gasteiger partial charge on any atom is 0.342 e. The van der Waals surface area contributed by atoms with Crippen molar-refractivity contribution in [3.8, 4) is 0 Å². The molecule has 3 N–H and O–H groups in total. The van der Waals surface area contributed by atoms with Crippen LogP contribution in [0.3, 0.4) is 0 Å². The van der Waals surface area contributed by atoms with E-state index in [-0.39, 0.29) is 6.61 Å². The molecule has 2 rings (SSSR count). The first-order valence-electron chi connectivity index (χ1n) is 6.60. The molecule has 21 heavy (non-hydrogen) atoms. The van der Waals surface area contributed by atoms with Crippen molar-refractivity contribution < 1.29 is 14.3 Å². The van der Waals surface area contributed by atoms with Gasteiger partial charge >= 0.3 is 12.0 Å². The summed E-state index contributed by atoms with van der Waals surface area (Å²) >= 11 is 0. The molecule has 0 radical (unpaired) electrons. The number of H-pyrrole nitrogens is 1. The molecule has 0 aliphatic rings. The zero-order valence-corrected chi connectivity index (χ0v) is 11.9. The van der Waals surface area contributed by atoms with Gasteiger partial charge in [0, 0.05) is 17.6 Å². The van der Waals surface area contributed by atoms with Gasteiger partial charge in [-0.1, -0.05) is 18.2 Å². The van der Waals surface area contributed by atoms with Gasteiger partial charge in [-0.05, 0) is 26.0 Å². The molecule has 110 valence electrons. The van der Waals surface area contributed by atoms with Crippen LogP contribution in [-0.2, 0) is 4.74 Å². The van der Waals surface area contributed by atoms with Gasteiger partial charge in [-0.25, -0.2) is 9.59 Å². The summed E-state index contributed by atoms with van der Waals surface area (Å²) in [5.74, 6) is -0.466. The number of ether oxygens (including phenoxy) is 1. The summed E-state index contributed by atoms with van der Waals surface area (Å²) in [7, 11) is 0. The number of esters is 1. The Morgan fingerprint density at radius 1 is 1.19 bits per heavy atom. The molecule has 6 heteroatoms. The molecule has 1 heterocycles. The van der Waals surface area contributed by atoms with Crippen molar-refractivity contribution in [3.05, 3.63) is 47.8 Å². The van der Waals surface area contributed by atoms with Crippen molar-refractivity contribution in [2.24, 2.45) is 0 Å². The van der Waals surface area contributed by atoms with E-state index in [0.717, 1.165) is 0 Å². The van der Waals surface area contributed by atoms with Crippen LogP contribution in [0.25, 0.3) is 0 Å². The monoisotopic (exact) mass is 287 g/mol. The average Bonchev–Trinajstić information content (AvgIpc) is 2.81. The Bertz CT molecular complexity index is 635. The molecular weight excluding hydrogens is 270 g/mol. The topological polar surface area (TPSA) is 83.2 Å². The Kier molecular flexibility index (Phi) is 4.61. The van der Waals surface area contributed by atoms with E-state index in [4.69, 9.17) is 4.74 Å². The van der Waals surface area contributed by atoms with Crippen LogP contribution in [0.4, 0.5) is 16.2 Å². The number of nitrogens with one attached hydrogen (secondary N) is 3. The number of aromatic amines is 1. The van der Waals surface area contributed by atoms with Gasteiger partial charge in [-0.15, -0.1) is 0 Å². The highest BCUT2D eigenvalue weighted by Crippen LogP contribution is 2.20. The Balaban J connectivity index is 2.09. The molecule has 1 aromatic heterocycles. The van der Waals surface area contributed by atoms with Gasteiger partial charge in [-0.2, -0.15) is 0 Å². The van der Waals surface area contributed by atoms with Crippen LogP contribution in [-0.4, -0.2) is 23.6 Å². The fraction of sp³-hybridized carbons (Fsp3) is 0.200. The Hall–Kier alpha value is -2.76. The number of benzene rings is 1. The van der Waals surface area contributed by atoms with E-state index in [1.165, 1.54) is 0 Å². The number of para-hydroxylation sites is 1. The predicted molar refractivity (Wildman–Crippen MR) is 80.6 cm³/mol. The number of hydrogen-bond donors (Lipinski definition) is 3. The minimum atomic E-state index is -0.466. The third-order valence-electron chi connectivity index (χ3n) is 2.84. The van der Waals surface area contributed by atoms with Gasteiger partial charge in [0.25, 0.3) is 0 Å². The molecule has 0 aliphatic heterocycles. The Morgan fingerprint density at radius 3 is 2.57 bits per heavy atom. The van der Waals surface area contributed by atoms with Gasteiger partial charge in [0.2, 0.25) is 0 Å². The van der Waals surface area contributed by atoms with Crippen LogP contribution < -0.4 is 10.6 Å². The molecule has 0 saturated carbocycles. The van der Waals surface area contributed by atoms with E-state index >= 15 is 0 Å². The van der Waals surface area contributed by atoms with E-state index in [9.17, 15) is 9.59 Å². The summed E-state index contributed by atoms with van der Waals surface area (Å²) in [5, 5.41) is 5.32. The van der Waals surface area contributed by atoms with E-state index in [2.05, 4.69) is 15.6 Å². The number of rotatable bonds is 4. The molecule has 0 bridgehead atoms. The maximum atomic E-state index is 11.9. The highest BCUT2D eigenvalue weighted by molar-refractivity contribution is 6.05. The normalized spacial score (nSPS) is 10.0. The standard InChI is InChI=1S/C15H17N3O3/c1-3-21-14(19)13-10(2)16-9-12(13)18-15(20)17-11-7-5-4-6-8-11/h4-9,16H,3H2,1-2H3,(H2,17,18,20). The molecule has 1 aromatic carbocycles. The highest BCUT2D eigenvalue weighted by atomic mass is 16.5. The number of amides is 2. The number of carbonyl (C=O) groups is 2. The largest absolute Gasteiger partial charge is 0.462 e. The summed E-state index contributed by atoms with van der Waals surface area (Å²) in [6, 6.07) is 8.62. The van der Waals surface area contributed by atoms with Crippen LogP contribution >= 0.6 is 0 Å². The Labute approximate surface area is 122 Å². The lowest BCUT2D eigenvalue weighted by molar-refractivity contribution is 0.0527. The summed E-state index contributed by atoms with van der Waals surface area (Å²) in [6.07, 6.45) is 1.56. The minimum absolute atomic E-state index is 0.277. The van der Waals surface area contributed by atoms with Crippen molar-refractivity contribution in [2.45, 2.75) is 13.8 Å². The first-order valence-corrected chi connectivity index (χ1v) is 6.60. The van der Waals surface area contributed by atoms with E-state index in [1.54, 1.807) is 32.2 Å². The third kappa shape index (κ3) is 3.62. The van der Waals surface area contributed by atoms with Crippen LogP contribution in [0, 0.1) is 6.92 Å². The van der Waals surface area contributed by atoms with Crippen molar-refractivity contribution in [3.63, 3.8) is 0 Å². The first kappa shape index (κ1) is 14.6. The molecule has 0 aliphatic carbocycles. The molecule has 2 aromatic rings. The second kappa shape index (κ2) is 6.60. The summed E-state index contributed by atoms with van der Waals surface area (Å²) in [5.41, 5.74) is 2.03. The first-order chi connectivity index (χ1) is 10.1. The Morgan fingerprint density at radius 2 is 1.90 bits per heavy atom.